The molecule has 0 heterocycles. The first kappa shape index (κ1) is 10.1. The van der Waals surface area contributed by atoms with Gasteiger partial charge in [0, 0.05) is 11.4 Å². The van der Waals surface area contributed by atoms with Gasteiger partial charge in [0.15, 0.2) is 0 Å². The van der Waals surface area contributed by atoms with Gasteiger partial charge in [0.1, 0.15) is 0 Å². The lowest BCUT2D eigenvalue weighted by Gasteiger charge is -2.06. The van der Waals surface area contributed by atoms with Crippen LogP contribution in [0.5, 0.6) is 0 Å². The first-order chi connectivity index (χ1) is 6.22. The van der Waals surface area contributed by atoms with Gasteiger partial charge in [-0.05, 0) is 24.1 Å². The average molecular weight is 195 g/mol. The molecule has 1 aromatic rings. The van der Waals surface area contributed by atoms with Crippen LogP contribution in [0.3, 0.4) is 0 Å². The summed E-state index contributed by atoms with van der Waals surface area (Å²) in [6.07, 6.45) is 5.55. The van der Waals surface area contributed by atoms with Crippen LogP contribution in [0.15, 0.2) is 24.3 Å². The second kappa shape index (κ2) is 4.91. The maximum absolute atomic E-state index is 9.41. The Balaban J connectivity index is 2.59. The second-order valence-corrected chi connectivity index (χ2v) is 3.33. The van der Waals surface area contributed by atoms with Gasteiger partial charge in [-0.25, -0.2) is 0 Å². The first-order valence-electron chi connectivity index (χ1n) is 4.08. The zero-order valence-corrected chi connectivity index (χ0v) is 7.96. The number of hydrogen-bond acceptors (Lipinski definition) is 1. The molecule has 0 saturated heterocycles. The summed E-state index contributed by atoms with van der Waals surface area (Å²) in [6.45, 7) is 0. The molecule has 0 aliphatic carbocycles. The summed E-state index contributed by atoms with van der Waals surface area (Å²) < 4.78 is 0. The Bertz CT molecular complexity index is 314. The molecule has 1 aromatic carbocycles. The quantitative estimate of drug-likeness (QED) is 0.732. The zero-order valence-electron chi connectivity index (χ0n) is 7.20. The molecule has 1 nitrogen and oxygen atoms in total. The minimum Gasteiger partial charge on any atom is -0.392 e. The minimum atomic E-state index is -0.469. The van der Waals surface area contributed by atoms with Crippen LogP contribution in [-0.2, 0) is 6.42 Å². The van der Waals surface area contributed by atoms with E-state index in [-0.39, 0.29) is 0 Å². The topological polar surface area (TPSA) is 20.2 Å². The summed E-state index contributed by atoms with van der Waals surface area (Å²) in [6, 6.07) is 7.42. The van der Waals surface area contributed by atoms with Crippen molar-refractivity contribution in [2.45, 2.75) is 18.9 Å². The van der Waals surface area contributed by atoms with Crippen molar-refractivity contribution < 1.29 is 5.11 Å². The number of aliphatic hydroxyl groups is 1. The molecule has 1 unspecified atom stereocenters. The largest absolute Gasteiger partial charge is 0.392 e. The number of halogens is 1. The summed E-state index contributed by atoms with van der Waals surface area (Å²) in [5.74, 6) is 2.42. The molecular weight excluding hydrogens is 184 g/mol. The highest BCUT2D eigenvalue weighted by Gasteiger charge is 2.03. The van der Waals surface area contributed by atoms with Crippen molar-refractivity contribution in [2.75, 3.05) is 0 Å². The Morgan fingerprint density at radius 3 is 2.92 bits per heavy atom. The molecule has 0 aliphatic heterocycles. The lowest BCUT2D eigenvalue weighted by Crippen LogP contribution is -2.08. The van der Waals surface area contributed by atoms with Crippen molar-refractivity contribution in [2.24, 2.45) is 0 Å². The predicted molar refractivity (Wildman–Crippen MR) is 54.6 cm³/mol. The van der Waals surface area contributed by atoms with Gasteiger partial charge in [-0.3, -0.25) is 0 Å². The standard InChI is InChI=1S/C11H11ClO/c1-2-4-11(13)8-9-5-3-6-10(12)7-9/h1,3,5-7,11,13H,4,8H2. The van der Waals surface area contributed by atoms with E-state index >= 15 is 0 Å². The van der Waals surface area contributed by atoms with Crippen molar-refractivity contribution in [3.8, 4) is 12.3 Å². The maximum Gasteiger partial charge on any atom is 0.0689 e. The van der Waals surface area contributed by atoms with E-state index in [2.05, 4.69) is 5.92 Å². The molecule has 0 spiro atoms. The second-order valence-electron chi connectivity index (χ2n) is 2.90. The fourth-order valence-corrected chi connectivity index (χ4v) is 1.36. The molecule has 1 atom stereocenters. The van der Waals surface area contributed by atoms with Crippen molar-refractivity contribution in [3.63, 3.8) is 0 Å². The molecule has 0 amide bonds. The molecule has 0 radical (unpaired) electrons. The molecule has 1 N–H and O–H groups in total. The summed E-state index contributed by atoms with van der Waals surface area (Å²) >= 11 is 5.78. The molecule has 13 heavy (non-hydrogen) atoms. The lowest BCUT2D eigenvalue weighted by atomic mass is 10.1. The fraction of sp³-hybridized carbons (Fsp3) is 0.273. The highest BCUT2D eigenvalue weighted by Crippen LogP contribution is 2.12. The van der Waals surface area contributed by atoms with Crippen LogP contribution < -0.4 is 0 Å². The first-order valence-corrected chi connectivity index (χ1v) is 4.46. The number of aliphatic hydroxyl groups excluding tert-OH is 1. The summed E-state index contributed by atoms with van der Waals surface area (Å²) in [4.78, 5) is 0. The van der Waals surface area contributed by atoms with Gasteiger partial charge in [0.2, 0.25) is 0 Å². The van der Waals surface area contributed by atoms with E-state index < -0.39 is 6.10 Å². The van der Waals surface area contributed by atoms with Crippen molar-refractivity contribution in [1.82, 2.24) is 0 Å². The Labute approximate surface area is 83.4 Å². The van der Waals surface area contributed by atoms with E-state index in [0.717, 1.165) is 5.56 Å². The Morgan fingerprint density at radius 1 is 1.54 bits per heavy atom. The van der Waals surface area contributed by atoms with E-state index in [1.54, 1.807) is 6.07 Å². The summed E-state index contributed by atoms with van der Waals surface area (Å²) in [5, 5.41) is 10.1. The van der Waals surface area contributed by atoms with E-state index in [0.29, 0.717) is 17.9 Å². The number of benzene rings is 1. The third-order valence-electron chi connectivity index (χ3n) is 1.71. The van der Waals surface area contributed by atoms with Crippen LogP contribution in [0.25, 0.3) is 0 Å². The fourth-order valence-electron chi connectivity index (χ4n) is 1.14. The molecule has 0 fully saturated rings. The van der Waals surface area contributed by atoms with E-state index in [1.165, 1.54) is 0 Å². The van der Waals surface area contributed by atoms with Gasteiger partial charge in [-0.2, -0.15) is 0 Å². The van der Waals surface area contributed by atoms with Crippen LogP contribution >= 0.6 is 11.6 Å². The van der Waals surface area contributed by atoms with Gasteiger partial charge in [-0.15, -0.1) is 12.3 Å². The van der Waals surface area contributed by atoms with Gasteiger partial charge in [0.05, 0.1) is 6.10 Å². The smallest absolute Gasteiger partial charge is 0.0689 e. The molecule has 0 bridgehead atoms. The Morgan fingerprint density at radius 2 is 2.31 bits per heavy atom. The number of hydrogen-bond donors (Lipinski definition) is 1. The number of rotatable bonds is 3. The van der Waals surface area contributed by atoms with Gasteiger partial charge in [-0.1, -0.05) is 23.7 Å². The highest BCUT2D eigenvalue weighted by atomic mass is 35.5. The average Bonchev–Trinajstić information content (AvgIpc) is 2.04. The third-order valence-corrected chi connectivity index (χ3v) is 1.95. The van der Waals surface area contributed by atoms with Crippen LogP contribution in [0.2, 0.25) is 5.02 Å². The third kappa shape index (κ3) is 3.50. The maximum atomic E-state index is 9.41. The Hall–Kier alpha value is -0.970. The van der Waals surface area contributed by atoms with Gasteiger partial charge < -0.3 is 5.11 Å². The lowest BCUT2D eigenvalue weighted by molar-refractivity contribution is 0.181. The van der Waals surface area contributed by atoms with Crippen LogP contribution in [0.1, 0.15) is 12.0 Å². The van der Waals surface area contributed by atoms with Crippen LogP contribution in [0.4, 0.5) is 0 Å². The minimum absolute atomic E-state index is 0.381. The molecule has 0 aromatic heterocycles. The molecule has 68 valence electrons. The van der Waals surface area contributed by atoms with Crippen molar-refractivity contribution >= 4 is 11.6 Å². The summed E-state index contributed by atoms with van der Waals surface area (Å²) in [7, 11) is 0. The molecule has 2 heteroatoms. The van der Waals surface area contributed by atoms with E-state index in [1.807, 2.05) is 18.2 Å². The summed E-state index contributed by atoms with van der Waals surface area (Å²) in [5.41, 5.74) is 1.01. The highest BCUT2D eigenvalue weighted by molar-refractivity contribution is 6.30. The van der Waals surface area contributed by atoms with Crippen LogP contribution in [0, 0.1) is 12.3 Å². The van der Waals surface area contributed by atoms with E-state index in [9.17, 15) is 5.11 Å². The van der Waals surface area contributed by atoms with Gasteiger partial charge >= 0.3 is 0 Å². The molecule has 1 rings (SSSR count). The molecule has 0 aliphatic rings. The monoisotopic (exact) mass is 194 g/mol. The van der Waals surface area contributed by atoms with Crippen molar-refractivity contribution in [3.05, 3.63) is 34.9 Å². The predicted octanol–water partition coefficient (Wildman–Crippen LogP) is 2.27. The normalized spacial score (nSPS) is 12.1. The molecule has 0 saturated carbocycles. The van der Waals surface area contributed by atoms with E-state index in [4.69, 9.17) is 18.0 Å². The SMILES string of the molecule is C#CCC(O)Cc1cccc(Cl)c1. The molecular formula is C11H11ClO. The van der Waals surface area contributed by atoms with Crippen LogP contribution in [-0.4, -0.2) is 11.2 Å². The van der Waals surface area contributed by atoms with Crippen molar-refractivity contribution in [1.29, 1.82) is 0 Å². The van der Waals surface area contributed by atoms with Gasteiger partial charge in [0.25, 0.3) is 0 Å². The zero-order chi connectivity index (χ0) is 9.68. The Kier molecular flexibility index (Phi) is 3.82. The number of terminal acetylenes is 1.